The van der Waals surface area contributed by atoms with E-state index in [9.17, 15) is 4.79 Å². The Kier molecular flexibility index (Phi) is 6.09. The van der Waals surface area contributed by atoms with Crippen molar-refractivity contribution in [3.63, 3.8) is 0 Å². The highest BCUT2D eigenvalue weighted by Gasteiger charge is 2.32. The smallest absolute Gasteiger partial charge is 0.251 e. The van der Waals surface area contributed by atoms with Crippen molar-refractivity contribution in [2.45, 2.75) is 52.0 Å². The van der Waals surface area contributed by atoms with Crippen LogP contribution in [-0.2, 0) is 0 Å². The summed E-state index contributed by atoms with van der Waals surface area (Å²) in [6.07, 6.45) is 6.37. The molecule has 0 aliphatic carbocycles. The average Bonchev–Trinajstić information content (AvgIpc) is 2.71. The van der Waals surface area contributed by atoms with Crippen LogP contribution in [0.2, 0.25) is 0 Å². The second-order valence-electron chi connectivity index (χ2n) is 8.39. The number of fused-ring (bicyclic) bond motifs is 1. The summed E-state index contributed by atoms with van der Waals surface area (Å²) in [5.74, 6) is 1.11. The molecule has 2 aromatic rings. The van der Waals surface area contributed by atoms with Gasteiger partial charge >= 0.3 is 0 Å². The molecule has 154 valence electrons. The van der Waals surface area contributed by atoms with E-state index in [0.29, 0.717) is 23.5 Å². The summed E-state index contributed by atoms with van der Waals surface area (Å²) in [5, 5.41) is 6.40. The molecular formula is C23H31N5O. The van der Waals surface area contributed by atoms with E-state index in [4.69, 9.17) is 0 Å². The number of carbonyl (C=O) groups is 1. The number of rotatable bonds is 5. The lowest BCUT2D eigenvalue weighted by Gasteiger charge is -2.44. The SMILES string of the molecule is Cc1cc(C)nc(Nc2cccc(C(=O)NC[C@@H]3CCCN4CCCC[C@H]34)c2)n1. The monoisotopic (exact) mass is 393 g/mol. The van der Waals surface area contributed by atoms with E-state index in [1.54, 1.807) is 0 Å². The van der Waals surface area contributed by atoms with E-state index in [0.717, 1.165) is 23.6 Å². The van der Waals surface area contributed by atoms with Gasteiger partial charge in [0.05, 0.1) is 0 Å². The molecule has 29 heavy (non-hydrogen) atoms. The fourth-order valence-corrected chi connectivity index (χ4v) is 4.79. The van der Waals surface area contributed by atoms with Gasteiger partial charge in [0, 0.05) is 35.2 Å². The molecule has 2 saturated heterocycles. The Hall–Kier alpha value is -2.47. The van der Waals surface area contributed by atoms with Crippen LogP contribution in [0.15, 0.2) is 30.3 Å². The van der Waals surface area contributed by atoms with E-state index in [1.807, 2.05) is 44.2 Å². The first-order valence-electron chi connectivity index (χ1n) is 10.8. The van der Waals surface area contributed by atoms with Gasteiger partial charge in [0.25, 0.3) is 5.91 Å². The minimum atomic E-state index is -0.0112. The normalized spacial score (nSPS) is 22.0. The van der Waals surface area contributed by atoms with Gasteiger partial charge in [-0.3, -0.25) is 4.79 Å². The third-order valence-corrected chi connectivity index (χ3v) is 6.12. The number of hydrogen-bond donors (Lipinski definition) is 2. The molecule has 0 saturated carbocycles. The lowest BCUT2D eigenvalue weighted by molar-refractivity contribution is 0.0575. The first-order chi connectivity index (χ1) is 14.1. The van der Waals surface area contributed by atoms with Gasteiger partial charge in [0.15, 0.2) is 0 Å². The molecule has 3 heterocycles. The Bertz CT molecular complexity index is 846. The second kappa shape index (κ2) is 8.91. The maximum absolute atomic E-state index is 12.8. The summed E-state index contributed by atoms with van der Waals surface area (Å²) in [6, 6.07) is 10.1. The first-order valence-corrected chi connectivity index (χ1v) is 10.8. The minimum absolute atomic E-state index is 0.0112. The van der Waals surface area contributed by atoms with Gasteiger partial charge in [-0.25, -0.2) is 9.97 Å². The molecule has 2 aliphatic heterocycles. The van der Waals surface area contributed by atoms with Crippen LogP contribution in [0.25, 0.3) is 0 Å². The predicted octanol–water partition coefficient (Wildman–Crippen LogP) is 3.83. The summed E-state index contributed by atoms with van der Waals surface area (Å²) >= 11 is 0. The molecule has 0 spiro atoms. The third kappa shape index (κ3) is 4.93. The maximum Gasteiger partial charge on any atom is 0.251 e. The van der Waals surface area contributed by atoms with Gasteiger partial charge in [-0.1, -0.05) is 12.5 Å². The van der Waals surface area contributed by atoms with E-state index in [2.05, 4.69) is 25.5 Å². The molecule has 6 heteroatoms. The van der Waals surface area contributed by atoms with Gasteiger partial charge in [0.1, 0.15) is 0 Å². The molecule has 2 atom stereocenters. The van der Waals surface area contributed by atoms with Crippen molar-refractivity contribution in [3.8, 4) is 0 Å². The fraction of sp³-hybridized carbons (Fsp3) is 0.522. The van der Waals surface area contributed by atoms with Crippen LogP contribution in [0.3, 0.4) is 0 Å². The van der Waals surface area contributed by atoms with E-state index in [1.165, 1.54) is 45.2 Å². The molecule has 1 aromatic carbocycles. The van der Waals surface area contributed by atoms with Crippen molar-refractivity contribution in [1.29, 1.82) is 0 Å². The molecule has 0 radical (unpaired) electrons. The van der Waals surface area contributed by atoms with Crippen molar-refractivity contribution < 1.29 is 4.79 Å². The quantitative estimate of drug-likeness (QED) is 0.808. The topological polar surface area (TPSA) is 70.2 Å². The van der Waals surface area contributed by atoms with Crippen LogP contribution in [0.4, 0.5) is 11.6 Å². The van der Waals surface area contributed by atoms with Crippen molar-refractivity contribution >= 4 is 17.5 Å². The molecule has 4 rings (SSSR count). The molecule has 0 unspecified atom stereocenters. The van der Waals surface area contributed by atoms with E-state index >= 15 is 0 Å². The van der Waals surface area contributed by atoms with Crippen LogP contribution in [0.1, 0.15) is 53.8 Å². The molecule has 2 N–H and O–H groups in total. The Balaban J connectivity index is 1.38. The van der Waals surface area contributed by atoms with E-state index < -0.39 is 0 Å². The lowest BCUT2D eigenvalue weighted by Crippen LogP contribution is -2.51. The second-order valence-corrected chi connectivity index (χ2v) is 8.39. The summed E-state index contributed by atoms with van der Waals surface area (Å²) in [5.41, 5.74) is 3.31. The predicted molar refractivity (Wildman–Crippen MR) is 115 cm³/mol. The van der Waals surface area contributed by atoms with E-state index in [-0.39, 0.29) is 5.91 Å². The first kappa shape index (κ1) is 19.8. The highest BCUT2D eigenvalue weighted by molar-refractivity contribution is 5.95. The van der Waals surface area contributed by atoms with Crippen molar-refractivity contribution in [2.24, 2.45) is 5.92 Å². The number of anilines is 2. The number of amides is 1. The Morgan fingerprint density at radius 2 is 1.86 bits per heavy atom. The van der Waals surface area contributed by atoms with Gasteiger partial charge in [-0.05, 0) is 82.8 Å². The van der Waals surface area contributed by atoms with Crippen LogP contribution in [0.5, 0.6) is 0 Å². The van der Waals surface area contributed by atoms with Gasteiger partial charge in [0.2, 0.25) is 5.95 Å². The minimum Gasteiger partial charge on any atom is -0.352 e. The molecule has 2 aliphatic rings. The number of nitrogens with zero attached hydrogens (tertiary/aromatic N) is 3. The largest absolute Gasteiger partial charge is 0.352 e. The van der Waals surface area contributed by atoms with Crippen molar-refractivity contribution in [3.05, 3.63) is 47.3 Å². The number of aromatic nitrogens is 2. The number of carbonyl (C=O) groups excluding carboxylic acids is 1. The zero-order valence-electron chi connectivity index (χ0n) is 17.4. The molecule has 0 bridgehead atoms. The highest BCUT2D eigenvalue weighted by Crippen LogP contribution is 2.30. The molecule has 1 amide bonds. The summed E-state index contributed by atoms with van der Waals surface area (Å²) in [4.78, 5) is 24.2. The average molecular weight is 394 g/mol. The van der Waals surface area contributed by atoms with Crippen LogP contribution >= 0.6 is 0 Å². The molecular weight excluding hydrogens is 362 g/mol. The summed E-state index contributed by atoms with van der Waals surface area (Å²) < 4.78 is 0. The molecule has 1 aromatic heterocycles. The number of aryl methyl sites for hydroxylation is 2. The van der Waals surface area contributed by atoms with Crippen molar-refractivity contribution in [2.75, 3.05) is 25.0 Å². The molecule has 6 nitrogen and oxygen atoms in total. The number of benzene rings is 1. The third-order valence-electron chi connectivity index (χ3n) is 6.12. The Morgan fingerprint density at radius 3 is 2.69 bits per heavy atom. The zero-order valence-corrected chi connectivity index (χ0v) is 17.4. The van der Waals surface area contributed by atoms with Gasteiger partial charge in [-0.2, -0.15) is 0 Å². The Labute approximate surface area is 173 Å². The lowest BCUT2D eigenvalue weighted by atomic mass is 9.83. The number of piperidine rings is 2. The van der Waals surface area contributed by atoms with Gasteiger partial charge < -0.3 is 15.5 Å². The van der Waals surface area contributed by atoms with Crippen molar-refractivity contribution in [1.82, 2.24) is 20.2 Å². The van der Waals surface area contributed by atoms with Crippen LogP contribution in [-0.4, -0.2) is 46.5 Å². The van der Waals surface area contributed by atoms with Crippen LogP contribution in [0, 0.1) is 19.8 Å². The molecule has 2 fully saturated rings. The maximum atomic E-state index is 12.8. The fourth-order valence-electron chi connectivity index (χ4n) is 4.79. The summed E-state index contributed by atoms with van der Waals surface area (Å²) in [6.45, 7) is 7.11. The zero-order chi connectivity index (χ0) is 20.2. The number of nitrogens with one attached hydrogen (secondary N) is 2. The number of hydrogen-bond acceptors (Lipinski definition) is 5. The highest BCUT2D eigenvalue weighted by atomic mass is 16.1. The standard InChI is InChI=1S/C23H31N5O/c1-16-13-17(2)26-23(25-16)27-20-9-5-7-18(14-20)22(29)24-15-19-8-6-12-28-11-4-3-10-21(19)28/h5,7,9,13-14,19,21H,3-4,6,8,10-12,15H2,1-2H3,(H,24,29)(H,25,26,27)/t19-,21+/m0/s1. The Morgan fingerprint density at radius 1 is 1.07 bits per heavy atom. The van der Waals surface area contributed by atoms with Gasteiger partial charge in [-0.15, -0.1) is 0 Å². The summed E-state index contributed by atoms with van der Waals surface area (Å²) in [7, 11) is 0. The van der Waals surface area contributed by atoms with Crippen LogP contribution < -0.4 is 10.6 Å².